The number of carbonyl (C=O) groups is 2. The Kier molecular flexibility index (Phi) is 31.1. The van der Waals surface area contributed by atoms with Crippen LogP contribution in [0.1, 0.15) is 142 Å². The van der Waals surface area contributed by atoms with Gasteiger partial charge in [0.2, 0.25) is 0 Å². The van der Waals surface area contributed by atoms with Crippen molar-refractivity contribution in [3.05, 3.63) is 48.6 Å². The molecule has 0 saturated carbocycles. The molecule has 43 heavy (non-hydrogen) atoms. The predicted molar refractivity (Wildman–Crippen MR) is 179 cm³/mol. The molecule has 0 fully saturated rings. The van der Waals surface area contributed by atoms with Crippen LogP contribution in [0, 0.1) is 5.92 Å². The fraction of sp³-hybridized carbons (Fsp3) is 0.730. The first kappa shape index (κ1) is 40.8. The third-order valence-corrected chi connectivity index (χ3v) is 7.11. The highest BCUT2D eigenvalue weighted by Crippen LogP contribution is 2.13. The van der Waals surface area contributed by atoms with Gasteiger partial charge in [-0.2, -0.15) is 0 Å². The lowest BCUT2D eigenvalue weighted by molar-refractivity contribution is -0.161. The van der Waals surface area contributed by atoms with Crippen molar-refractivity contribution < 1.29 is 29.3 Å². The Hall–Kier alpha value is -2.18. The summed E-state index contributed by atoms with van der Waals surface area (Å²) in [5, 5.41) is 18.2. The van der Waals surface area contributed by atoms with Crippen LogP contribution in [-0.4, -0.2) is 48.1 Å². The fourth-order valence-corrected chi connectivity index (χ4v) is 4.47. The van der Waals surface area contributed by atoms with Gasteiger partial charge in [0.05, 0.1) is 6.61 Å². The standard InChI is InChI=1S/C37H64O6/c1-34(2)28-24-20-16-13-14-18-22-26-30-37(41)43-35(32-39)33-42-36(40)29-25-21-17-12-10-8-6-4-3-5-7-9-11-15-19-23-27-31-38/h3,5-6,8-9,11-12,17,34-35,38-39H,4,7,10,13-16,18-33H2,1-2H3/b5-3-,8-6-,11-9-,17-12-/t35-/m0/s1. The number of allylic oxidation sites excluding steroid dienone is 8. The van der Waals surface area contributed by atoms with E-state index in [9.17, 15) is 14.7 Å². The number of hydrogen-bond acceptors (Lipinski definition) is 6. The predicted octanol–water partition coefficient (Wildman–Crippen LogP) is 9.11. The second kappa shape index (κ2) is 32.7. The third-order valence-electron chi connectivity index (χ3n) is 7.11. The van der Waals surface area contributed by atoms with E-state index in [1.54, 1.807) is 0 Å². The number of aliphatic hydroxyl groups excluding tert-OH is 2. The number of carbonyl (C=O) groups excluding carboxylic acids is 2. The lowest BCUT2D eigenvalue weighted by Crippen LogP contribution is -2.28. The highest BCUT2D eigenvalue weighted by Gasteiger charge is 2.16. The zero-order valence-electron chi connectivity index (χ0n) is 27.6. The van der Waals surface area contributed by atoms with Crippen molar-refractivity contribution in [1.82, 2.24) is 0 Å². The number of unbranched alkanes of at least 4 members (excludes halogenated alkanes) is 11. The summed E-state index contributed by atoms with van der Waals surface area (Å²) in [5.41, 5.74) is 0. The van der Waals surface area contributed by atoms with Crippen LogP contribution in [0.25, 0.3) is 0 Å². The second-order valence-electron chi connectivity index (χ2n) is 11.8. The van der Waals surface area contributed by atoms with Crippen LogP contribution in [0.2, 0.25) is 0 Å². The third kappa shape index (κ3) is 32.6. The minimum Gasteiger partial charge on any atom is -0.462 e. The molecule has 0 aromatic heterocycles. The average Bonchev–Trinajstić information content (AvgIpc) is 2.99. The van der Waals surface area contributed by atoms with E-state index < -0.39 is 6.10 Å². The van der Waals surface area contributed by atoms with Gasteiger partial charge in [-0.3, -0.25) is 9.59 Å². The van der Waals surface area contributed by atoms with Gasteiger partial charge in [0.25, 0.3) is 0 Å². The second-order valence-corrected chi connectivity index (χ2v) is 11.8. The molecule has 0 bridgehead atoms. The van der Waals surface area contributed by atoms with Gasteiger partial charge in [0.15, 0.2) is 6.10 Å². The SMILES string of the molecule is CC(C)CCCCCCCCCCC(=O)O[C@@H](CO)COC(=O)CCC/C=C\C/C=C\C/C=C\C/C=C\CCCCCO. The van der Waals surface area contributed by atoms with Gasteiger partial charge >= 0.3 is 11.9 Å². The molecule has 0 aliphatic carbocycles. The molecule has 6 nitrogen and oxygen atoms in total. The first-order valence-corrected chi connectivity index (χ1v) is 17.2. The molecular weight excluding hydrogens is 540 g/mol. The van der Waals surface area contributed by atoms with Crippen molar-refractivity contribution in [2.75, 3.05) is 19.8 Å². The van der Waals surface area contributed by atoms with Crippen LogP contribution in [0.3, 0.4) is 0 Å². The summed E-state index contributed by atoms with van der Waals surface area (Å²) in [4.78, 5) is 24.1. The summed E-state index contributed by atoms with van der Waals surface area (Å²) in [6, 6.07) is 0. The van der Waals surface area contributed by atoms with Crippen LogP contribution >= 0.6 is 0 Å². The lowest BCUT2D eigenvalue weighted by atomic mass is 10.0. The molecule has 0 amide bonds. The summed E-state index contributed by atoms with van der Waals surface area (Å²) in [6.07, 6.45) is 36.2. The van der Waals surface area contributed by atoms with Gasteiger partial charge in [-0.05, 0) is 63.7 Å². The minimum absolute atomic E-state index is 0.103. The van der Waals surface area contributed by atoms with Gasteiger partial charge in [-0.25, -0.2) is 0 Å². The highest BCUT2D eigenvalue weighted by atomic mass is 16.6. The minimum atomic E-state index is -0.798. The van der Waals surface area contributed by atoms with Crippen LogP contribution in [0.15, 0.2) is 48.6 Å². The Morgan fingerprint density at radius 1 is 0.581 bits per heavy atom. The molecule has 0 aliphatic rings. The molecule has 0 rings (SSSR count). The molecule has 6 heteroatoms. The van der Waals surface area contributed by atoms with E-state index in [0.717, 1.165) is 76.5 Å². The first-order chi connectivity index (χ1) is 21.0. The van der Waals surface area contributed by atoms with E-state index in [-0.39, 0.29) is 25.2 Å². The van der Waals surface area contributed by atoms with Gasteiger partial charge in [-0.1, -0.05) is 120 Å². The van der Waals surface area contributed by atoms with Crippen LogP contribution in [0.4, 0.5) is 0 Å². The Bertz CT molecular complexity index is 752. The number of rotatable bonds is 30. The smallest absolute Gasteiger partial charge is 0.306 e. The first-order valence-electron chi connectivity index (χ1n) is 17.2. The molecule has 0 aromatic carbocycles. The van der Waals surface area contributed by atoms with E-state index in [2.05, 4.69) is 62.5 Å². The van der Waals surface area contributed by atoms with Crippen molar-refractivity contribution in [3.63, 3.8) is 0 Å². The molecule has 0 aromatic rings. The van der Waals surface area contributed by atoms with Crippen molar-refractivity contribution in [3.8, 4) is 0 Å². The maximum absolute atomic E-state index is 12.1. The molecular formula is C37H64O6. The quantitative estimate of drug-likeness (QED) is 0.0482. The summed E-state index contributed by atoms with van der Waals surface area (Å²) in [7, 11) is 0. The monoisotopic (exact) mass is 604 g/mol. The van der Waals surface area contributed by atoms with E-state index in [0.29, 0.717) is 25.9 Å². The van der Waals surface area contributed by atoms with E-state index >= 15 is 0 Å². The molecule has 2 N–H and O–H groups in total. The highest BCUT2D eigenvalue weighted by molar-refractivity contribution is 5.70. The van der Waals surface area contributed by atoms with Crippen LogP contribution < -0.4 is 0 Å². The van der Waals surface area contributed by atoms with E-state index in [1.165, 1.54) is 38.5 Å². The molecule has 0 heterocycles. The normalized spacial score (nSPS) is 12.9. The maximum Gasteiger partial charge on any atom is 0.306 e. The van der Waals surface area contributed by atoms with Crippen LogP contribution in [0.5, 0.6) is 0 Å². The Labute approximate surface area is 263 Å². The molecule has 0 saturated heterocycles. The average molecular weight is 605 g/mol. The van der Waals surface area contributed by atoms with E-state index in [4.69, 9.17) is 14.6 Å². The van der Waals surface area contributed by atoms with Gasteiger partial charge in [0, 0.05) is 19.4 Å². The van der Waals surface area contributed by atoms with Gasteiger partial charge < -0.3 is 19.7 Å². The zero-order valence-corrected chi connectivity index (χ0v) is 27.6. The van der Waals surface area contributed by atoms with Crippen LogP contribution in [-0.2, 0) is 19.1 Å². The zero-order chi connectivity index (χ0) is 31.6. The van der Waals surface area contributed by atoms with Crippen molar-refractivity contribution in [2.45, 2.75) is 148 Å². The Morgan fingerprint density at radius 2 is 1.07 bits per heavy atom. The lowest BCUT2D eigenvalue weighted by Gasteiger charge is -2.15. The van der Waals surface area contributed by atoms with E-state index in [1.807, 2.05) is 0 Å². The summed E-state index contributed by atoms with van der Waals surface area (Å²) < 4.78 is 10.5. The van der Waals surface area contributed by atoms with Crippen molar-refractivity contribution in [2.24, 2.45) is 5.92 Å². The van der Waals surface area contributed by atoms with Crippen molar-refractivity contribution >= 4 is 11.9 Å². The molecule has 248 valence electrons. The molecule has 0 unspecified atom stereocenters. The Balaban J connectivity index is 3.71. The Morgan fingerprint density at radius 3 is 1.63 bits per heavy atom. The fourth-order valence-electron chi connectivity index (χ4n) is 4.47. The molecule has 0 radical (unpaired) electrons. The number of aliphatic hydroxyl groups is 2. The molecule has 0 aliphatic heterocycles. The number of hydrogen-bond donors (Lipinski definition) is 2. The maximum atomic E-state index is 12.1. The number of ether oxygens (including phenoxy) is 2. The summed E-state index contributed by atoms with van der Waals surface area (Å²) in [5.74, 6) is 0.120. The number of esters is 2. The van der Waals surface area contributed by atoms with Crippen molar-refractivity contribution in [1.29, 1.82) is 0 Å². The molecule has 1 atom stereocenters. The van der Waals surface area contributed by atoms with Gasteiger partial charge in [-0.15, -0.1) is 0 Å². The largest absolute Gasteiger partial charge is 0.462 e. The summed E-state index contributed by atoms with van der Waals surface area (Å²) in [6.45, 7) is 4.38. The summed E-state index contributed by atoms with van der Waals surface area (Å²) >= 11 is 0. The van der Waals surface area contributed by atoms with Gasteiger partial charge in [0.1, 0.15) is 6.61 Å². The topological polar surface area (TPSA) is 93.1 Å². The molecule has 0 spiro atoms.